The van der Waals surface area contributed by atoms with Crippen LogP contribution >= 0.6 is 0 Å². The van der Waals surface area contributed by atoms with Gasteiger partial charge in [-0.1, -0.05) is 67.6 Å². The zero-order valence-corrected chi connectivity index (χ0v) is 18.0. The molecule has 3 heteroatoms. The lowest BCUT2D eigenvalue weighted by molar-refractivity contribution is 0.287. The molecule has 0 unspecified atom stereocenters. The van der Waals surface area contributed by atoms with Crippen LogP contribution in [0.3, 0.4) is 0 Å². The Balaban J connectivity index is 1.40. The van der Waals surface area contributed by atoms with Gasteiger partial charge in [0.05, 0.1) is 11.4 Å². The number of aromatic nitrogens is 1. The predicted molar refractivity (Wildman–Crippen MR) is 125 cm³/mol. The number of ether oxygens (including phenoxy) is 2. The van der Waals surface area contributed by atoms with Gasteiger partial charge in [-0.3, -0.25) is 0 Å². The van der Waals surface area contributed by atoms with Crippen molar-refractivity contribution in [2.24, 2.45) is 0 Å². The summed E-state index contributed by atoms with van der Waals surface area (Å²) < 4.78 is 12.1. The zero-order valence-electron chi connectivity index (χ0n) is 18.0. The van der Waals surface area contributed by atoms with Crippen molar-refractivity contribution < 1.29 is 9.47 Å². The van der Waals surface area contributed by atoms with E-state index in [1.54, 1.807) is 0 Å². The van der Waals surface area contributed by atoms with Gasteiger partial charge in [0.25, 0.3) is 0 Å². The molecule has 0 spiro atoms. The van der Waals surface area contributed by atoms with Gasteiger partial charge in [-0.25, -0.2) is 4.98 Å². The first kappa shape index (κ1) is 20.7. The molecule has 0 atom stereocenters. The highest BCUT2D eigenvalue weighted by Crippen LogP contribution is 2.23. The first-order valence-corrected chi connectivity index (χ1v) is 10.7. The zero-order chi connectivity index (χ0) is 21.5. The molecule has 0 N–H and O–H groups in total. The molecule has 31 heavy (non-hydrogen) atoms. The molecule has 3 aromatic carbocycles. The van der Waals surface area contributed by atoms with Crippen LogP contribution < -0.4 is 9.47 Å². The Kier molecular flexibility index (Phi) is 6.63. The number of benzene rings is 3. The van der Waals surface area contributed by atoms with Gasteiger partial charge >= 0.3 is 0 Å². The van der Waals surface area contributed by atoms with E-state index in [-0.39, 0.29) is 0 Å². The van der Waals surface area contributed by atoms with Crippen LogP contribution in [0.2, 0.25) is 0 Å². The second-order valence-electron chi connectivity index (χ2n) is 7.50. The van der Waals surface area contributed by atoms with Crippen LogP contribution in [-0.4, -0.2) is 4.98 Å². The highest BCUT2D eigenvalue weighted by molar-refractivity contribution is 5.58. The Morgan fingerprint density at radius 1 is 0.710 bits per heavy atom. The normalized spacial score (nSPS) is 10.6. The van der Waals surface area contributed by atoms with E-state index in [0.717, 1.165) is 34.9 Å². The van der Waals surface area contributed by atoms with Crippen molar-refractivity contribution in [1.82, 2.24) is 4.98 Å². The molecule has 1 heterocycles. The topological polar surface area (TPSA) is 31.4 Å². The van der Waals surface area contributed by atoms with Gasteiger partial charge in [-0.15, -0.1) is 0 Å². The van der Waals surface area contributed by atoms with Gasteiger partial charge in [0.15, 0.2) is 0 Å². The van der Waals surface area contributed by atoms with Crippen LogP contribution in [0, 0.1) is 6.92 Å². The Bertz CT molecular complexity index is 1140. The van der Waals surface area contributed by atoms with E-state index in [1.807, 2.05) is 60.7 Å². The van der Waals surface area contributed by atoms with Crippen LogP contribution in [0.5, 0.6) is 11.5 Å². The largest absolute Gasteiger partial charge is 0.489 e. The van der Waals surface area contributed by atoms with Gasteiger partial charge in [-0.05, 0) is 54.3 Å². The molecule has 0 radical (unpaired) electrons. The summed E-state index contributed by atoms with van der Waals surface area (Å²) in [5.74, 6) is 1.57. The standard InChI is InChI=1S/C28H27NO2/c1-3-27-21(2)10-7-13-23(27)19-30-25-15-9-16-26(18-25)31-20-24-14-8-17-28(29-24)22-11-5-4-6-12-22/h4-18H,3,19-20H2,1-2H3. The monoisotopic (exact) mass is 409 g/mol. The van der Waals surface area contributed by atoms with Crippen LogP contribution in [0.4, 0.5) is 0 Å². The average Bonchev–Trinajstić information content (AvgIpc) is 2.82. The molecule has 0 amide bonds. The van der Waals surface area contributed by atoms with Gasteiger partial charge in [0.1, 0.15) is 24.7 Å². The van der Waals surface area contributed by atoms with E-state index in [2.05, 4.69) is 44.2 Å². The number of hydrogen-bond acceptors (Lipinski definition) is 3. The van der Waals surface area contributed by atoms with E-state index >= 15 is 0 Å². The Labute approximate surface area is 184 Å². The minimum Gasteiger partial charge on any atom is -0.489 e. The van der Waals surface area contributed by atoms with Gasteiger partial charge < -0.3 is 9.47 Å². The minimum absolute atomic E-state index is 0.405. The van der Waals surface area contributed by atoms with Crippen molar-refractivity contribution in [3.05, 3.63) is 113 Å². The van der Waals surface area contributed by atoms with Gasteiger partial charge in [0.2, 0.25) is 0 Å². The fourth-order valence-electron chi connectivity index (χ4n) is 3.71. The van der Waals surface area contributed by atoms with E-state index in [1.165, 1.54) is 16.7 Å². The van der Waals surface area contributed by atoms with Crippen LogP contribution in [-0.2, 0) is 19.6 Å². The van der Waals surface area contributed by atoms with E-state index in [9.17, 15) is 0 Å². The summed E-state index contributed by atoms with van der Waals surface area (Å²) in [6.07, 6.45) is 1.00. The Morgan fingerprint density at radius 2 is 1.42 bits per heavy atom. The van der Waals surface area contributed by atoms with Crippen molar-refractivity contribution in [2.45, 2.75) is 33.5 Å². The maximum Gasteiger partial charge on any atom is 0.130 e. The second-order valence-corrected chi connectivity index (χ2v) is 7.50. The quantitative estimate of drug-likeness (QED) is 0.321. The summed E-state index contributed by atoms with van der Waals surface area (Å²) >= 11 is 0. The number of aryl methyl sites for hydroxylation is 1. The molecule has 1 aromatic heterocycles. The number of pyridine rings is 1. The van der Waals surface area contributed by atoms with Gasteiger partial charge in [0, 0.05) is 11.6 Å². The molecule has 156 valence electrons. The maximum atomic E-state index is 6.06. The summed E-state index contributed by atoms with van der Waals surface area (Å²) in [5, 5.41) is 0. The third kappa shape index (κ3) is 5.32. The Morgan fingerprint density at radius 3 is 2.19 bits per heavy atom. The molecule has 0 fully saturated rings. The van der Waals surface area contributed by atoms with Crippen LogP contribution in [0.15, 0.2) is 91.0 Å². The molecule has 0 aliphatic heterocycles. The second kappa shape index (κ2) is 9.94. The molecular weight excluding hydrogens is 382 g/mol. The molecule has 0 saturated heterocycles. The molecule has 0 aliphatic carbocycles. The van der Waals surface area contributed by atoms with Crippen molar-refractivity contribution in [2.75, 3.05) is 0 Å². The molecule has 0 bridgehead atoms. The molecule has 3 nitrogen and oxygen atoms in total. The fourth-order valence-corrected chi connectivity index (χ4v) is 3.71. The molecule has 0 saturated carbocycles. The third-order valence-corrected chi connectivity index (χ3v) is 5.32. The summed E-state index contributed by atoms with van der Waals surface area (Å²) in [5.41, 5.74) is 6.84. The Hall–Kier alpha value is -3.59. The molecule has 4 aromatic rings. The molecular formula is C28H27NO2. The lowest BCUT2D eigenvalue weighted by atomic mass is 10.0. The van der Waals surface area contributed by atoms with Crippen molar-refractivity contribution >= 4 is 0 Å². The average molecular weight is 410 g/mol. The van der Waals surface area contributed by atoms with E-state index < -0.39 is 0 Å². The van der Waals surface area contributed by atoms with Crippen molar-refractivity contribution in [3.8, 4) is 22.8 Å². The minimum atomic E-state index is 0.405. The van der Waals surface area contributed by atoms with Crippen LogP contribution in [0.1, 0.15) is 29.3 Å². The van der Waals surface area contributed by atoms with Crippen LogP contribution in [0.25, 0.3) is 11.3 Å². The highest BCUT2D eigenvalue weighted by atomic mass is 16.5. The lowest BCUT2D eigenvalue weighted by Gasteiger charge is -2.13. The first-order chi connectivity index (χ1) is 15.2. The number of nitrogens with zero attached hydrogens (tertiary/aromatic N) is 1. The summed E-state index contributed by atoms with van der Waals surface area (Å²) in [7, 11) is 0. The van der Waals surface area contributed by atoms with E-state index in [0.29, 0.717) is 13.2 Å². The van der Waals surface area contributed by atoms with Crippen molar-refractivity contribution in [3.63, 3.8) is 0 Å². The van der Waals surface area contributed by atoms with E-state index in [4.69, 9.17) is 14.5 Å². The summed E-state index contributed by atoms with van der Waals surface area (Å²) in [6, 6.07) is 30.3. The maximum absolute atomic E-state index is 6.06. The number of rotatable bonds is 8. The fraction of sp³-hybridized carbons (Fsp3) is 0.179. The lowest BCUT2D eigenvalue weighted by Crippen LogP contribution is -2.02. The summed E-state index contributed by atoms with van der Waals surface area (Å²) in [4.78, 5) is 4.73. The smallest absolute Gasteiger partial charge is 0.130 e. The first-order valence-electron chi connectivity index (χ1n) is 10.7. The predicted octanol–water partition coefficient (Wildman–Crippen LogP) is 6.78. The summed E-state index contributed by atoms with van der Waals surface area (Å²) in [6.45, 7) is 5.29. The van der Waals surface area contributed by atoms with Gasteiger partial charge in [-0.2, -0.15) is 0 Å². The number of hydrogen-bond donors (Lipinski definition) is 0. The highest BCUT2D eigenvalue weighted by Gasteiger charge is 2.06. The molecule has 4 rings (SSSR count). The third-order valence-electron chi connectivity index (χ3n) is 5.32. The van der Waals surface area contributed by atoms with Crippen molar-refractivity contribution in [1.29, 1.82) is 0 Å². The SMILES string of the molecule is CCc1c(C)cccc1COc1cccc(OCc2cccc(-c3ccccc3)n2)c1. The molecule has 0 aliphatic rings.